The maximum atomic E-state index is 13.3. The quantitative estimate of drug-likeness (QED) is 0.289. The summed E-state index contributed by atoms with van der Waals surface area (Å²) in [6, 6.07) is 15.7. The van der Waals surface area contributed by atoms with E-state index >= 15 is 0 Å². The smallest absolute Gasteiger partial charge is 0.241 e. The Kier molecular flexibility index (Phi) is 7.90. The lowest BCUT2D eigenvalue weighted by atomic mass is 10.1. The predicted octanol–water partition coefficient (Wildman–Crippen LogP) is 5.59. The van der Waals surface area contributed by atoms with Crippen LogP contribution in [0.15, 0.2) is 77.3 Å². The molecule has 3 aromatic rings. The van der Waals surface area contributed by atoms with Crippen molar-refractivity contribution < 1.29 is 8.42 Å². The minimum atomic E-state index is -3.81. The normalized spacial score (nSPS) is 15.5. The molecule has 1 heterocycles. The Morgan fingerprint density at radius 1 is 1.12 bits per heavy atom. The van der Waals surface area contributed by atoms with Crippen molar-refractivity contribution >= 4 is 33.4 Å². The molecule has 174 valence electrons. The first-order valence-corrected chi connectivity index (χ1v) is 13.8. The Morgan fingerprint density at radius 3 is 2.48 bits per heavy atom. The van der Waals surface area contributed by atoms with Crippen molar-refractivity contribution in [3.63, 3.8) is 0 Å². The van der Waals surface area contributed by atoms with Crippen LogP contribution in [-0.4, -0.2) is 28.9 Å². The van der Waals surface area contributed by atoms with Crippen molar-refractivity contribution in [1.29, 1.82) is 0 Å². The highest BCUT2D eigenvalue weighted by Gasteiger charge is 2.31. The fourth-order valence-electron chi connectivity index (χ4n) is 4.17. The molecule has 1 aliphatic rings. The van der Waals surface area contributed by atoms with E-state index in [9.17, 15) is 8.42 Å². The first-order valence-electron chi connectivity index (χ1n) is 11.0. The number of sulfonamides is 1. The lowest BCUT2D eigenvalue weighted by Crippen LogP contribution is -2.32. The molecule has 6 nitrogen and oxygen atoms in total. The third-order valence-electron chi connectivity index (χ3n) is 5.73. The summed E-state index contributed by atoms with van der Waals surface area (Å²) in [5.41, 5.74) is 1.02. The van der Waals surface area contributed by atoms with E-state index in [2.05, 4.69) is 26.1 Å². The molecular weight excluding hydrogens is 476 g/mol. The zero-order chi connectivity index (χ0) is 23.3. The average molecular weight is 503 g/mol. The molecule has 0 spiro atoms. The second-order valence-electron chi connectivity index (χ2n) is 8.07. The number of thioether (sulfide) groups is 1. The van der Waals surface area contributed by atoms with Crippen molar-refractivity contribution in [2.45, 2.75) is 54.2 Å². The summed E-state index contributed by atoms with van der Waals surface area (Å²) in [7, 11) is -3.81. The number of nitrogens with zero attached hydrogens (tertiary/aromatic N) is 3. The number of benzene rings is 2. The van der Waals surface area contributed by atoms with Gasteiger partial charge in [0, 0.05) is 16.8 Å². The second kappa shape index (κ2) is 10.9. The fourth-order valence-corrected chi connectivity index (χ4v) is 6.23. The molecule has 1 atom stereocenters. The Bertz CT molecular complexity index is 1170. The van der Waals surface area contributed by atoms with Crippen molar-refractivity contribution in [2.24, 2.45) is 0 Å². The molecule has 0 unspecified atom stereocenters. The van der Waals surface area contributed by atoms with Crippen molar-refractivity contribution in [3.05, 3.63) is 83.7 Å². The van der Waals surface area contributed by atoms with Crippen LogP contribution in [0, 0.1) is 0 Å². The van der Waals surface area contributed by atoms with E-state index in [0.717, 1.165) is 36.4 Å². The Hall–Kier alpha value is -2.13. The highest BCUT2D eigenvalue weighted by molar-refractivity contribution is 7.99. The van der Waals surface area contributed by atoms with Gasteiger partial charge in [-0.1, -0.05) is 72.6 Å². The molecule has 4 rings (SSSR count). The van der Waals surface area contributed by atoms with Gasteiger partial charge in [-0.25, -0.2) is 13.1 Å². The monoisotopic (exact) mass is 502 g/mol. The van der Waals surface area contributed by atoms with Crippen molar-refractivity contribution in [3.8, 4) is 0 Å². The van der Waals surface area contributed by atoms with Gasteiger partial charge in [0.2, 0.25) is 10.0 Å². The highest BCUT2D eigenvalue weighted by Crippen LogP contribution is 2.36. The van der Waals surface area contributed by atoms with Crippen LogP contribution in [0.2, 0.25) is 5.02 Å². The molecule has 1 aromatic heterocycles. The SMILES string of the molecule is C=CCSc1nnc([C@@H](Cc2ccccc2)NS(=O)(=O)c2ccc(Cl)cc2)n1C1CCCC1. The number of hydrogen-bond acceptors (Lipinski definition) is 5. The summed E-state index contributed by atoms with van der Waals surface area (Å²) < 4.78 is 31.7. The molecule has 0 radical (unpaired) electrons. The molecule has 9 heteroatoms. The molecular formula is C24H27ClN4O2S2. The first-order chi connectivity index (χ1) is 16.0. The lowest BCUT2D eigenvalue weighted by Gasteiger charge is -2.23. The Balaban J connectivity index is 1.74. The largest absolute Gasteiger partial charge is 0.302 e. The van der Waals surface area contributed by atoms with E-state index in [-0.39, 0.29) is 10.9 Å². The van der Waals surface area contributed by atoms with Crippen LogP contribution in [0.1, 0.15) is 49.2 Å². The number of rotatable bonds is 10. The zero-order valence-electron chi connectivity index (χ0n) is 18.2. The molecule has 1 saturated carbocycles. The van der Waals surface area contributed by atoms with Gasteiger partial charge in [0.25, 0.3) is 0 Å². The van der Waals surface area contributed by atoms with E-state index in [4.69, 9.17) is 11.6 Å². The standard InChI is InChI=1S/C24H27ClN4O2S2/c1-2-16-32-24-27-26-23(29(24)20-10-6-7-11-20)22(17-18-8-4-3-5-9-18)28-33(30,31)21-14-12-19(25)13-15-21/h2-5,8-9,12-15,20,22,28H,1,6-7,10-11,16-17H2/t22-/m1/s1. The molecule has 33 heavy (non-hydrogen) atoms. The molecule has 0 saturated heterocycles. The van der Waals surface area contributed by atoms with Gasteiger partial charge in [-0.05, 0) is 49.1 Å². The summed E-state index contributed by atoms with van der Waals surface area (Å²) in [5, 5.41) is 10.3. The number of halogens is 1. The second-order valence-corrected chi connectivity index (χ2v) is 11.2. The van der Waals surface area contributed by atoms with Crippen LogP contribution in [0.4, 0.5) is 0 Å². The maximum Gasteiger partial charge on any atom is 0.241 e. The summed E-state index contributed by atoms with van der Waals surface area (Å²) >= 11 is 7.54. The van der Waals surface area contributed by atoms with Gasteiger partial charge in [-0.15, -0.1) is 16.8 Å². The topological polar surface area (TPSA) is 76.9 Å². The van der Waals surface area contributed by atoms with Crippen LogP contribution < -0.4 is 4.72 Å². The average Bonchev–Trinajstić information content (AvgIpc) is 3.48. The molecule has 0 amide bonds. The number of hydrogen-bond donors (Lipinski definition) is 1. The third-order valence-corrected chi connectivity index (χ3v) is 8.41. The van der Waals surface area contributed by atoms with Crippen LogP contribution in [0.3, 0.4) is 0 Å². The van der Waals surface area contributed by atoms with E-state index in [1.807, 2.05) is 36.4 Å². The Morgan fingerprint density at radius 2 is 1.82 bits per heavy atom. The van der Waals surface area contributed by atoms with Crippen LogP contribution in [0.25, 0.3) is 0 Å². The van der Waals surface area contributed by atoms with E-state index in [1.165, 1.54) is 12.1 Å². The minimum absolute atomic E-state index is 0.165. The highest BCUT2D eigenvalue weighted by atomic mass is 35.5. The van der Waals surface area contributed by atoms with Crippen LogP contribution >= 0.6 is 23.4 Å². The van der Waals surface area contributed by atoms with E-state index in [1.54, 1.807) is 23.9 Å². The maximum absolute atomic E-state index is 13.3. The molecule has 2 aromatic carbocycles. The van der Waals surface area contributed by atoms with Gasteiger partial charge in [0.15, 0.2) is 11.0 Å². The minimum Gasteiger partial charge on any atom is -0.302 e. The van der Waals surface area contributed by atoms with Gasteiger partial charge in [-0.2, -0.15) is 0 Å². The molecule has 1 aliphatic carbocycles. The van der Waals surface area contributed by atoms with Crippen molar-refractivity contribution in [1.82, 2.24) is 19.5 Å². The molecule has 0 aliphatic heterocycles. The van der Waals surface area contributed by atoms with Crippen LogP contribution in [0.5, 0.6) is 0 Å². The Labute approximate surface area is 204 Å². The van der Waals surface area contributed by atoms with Crippen LogP contribution in [-0.2, 0) is 16.4 Å². The summed E-state index contributed by atoms with van der Waals surface area (Å²) in [5.74, 6) is 1.36. The summed E-state index contributed by atoms with van der Waals surface area (Å²) in [6.07, 6.45) is 6.66. The third kappa shape index (κ3) is 5.87. The molecule has 1 N–H and O–H groups in total. The van der Waals surface area contributed by atoms with Gasteiger partial charge in [0.1, 0.15) is 0 Å². The van der Waals surface area contributed by atoms with Gasteiger partial charge in [-0.3, -0.25) is 0 Å². The van der Waals surface area contributed by atoms with Gasteiger partial charge < -0.3 is 4.57 Å². The first kappa shape index (κ1) is 24.0. The number of aromatic nitrogens is 3. The molecule has 0 bridgehead atoms. The number of nitrogens with one attached hydrogen (secondary N) is 1. The van der Waals surface area contributed by atoms with E-state index < -0.39 is 16.1 Å². The van der Waals surface area contributed by atoms with Crippen molar-refractivity contribution in [2.75, 3.05) is 5.75 Å². The predicted molar refractivity (Wildman–Crippen MR) is 133 cm³/mol. The lowest BCUT2D eigenvalue weighted by molar-refractivity contribution is 0.435. The van der Waals surface area contributed by atoms with Gasteiger partial charge in [0.05, 0.1) is 10.9 Å². The van der Waals surface area contributed by atoms with Gasteiger partial charge >= 0.3 is 0 Å². The fraction of sp³-hybridized carbons (Fsp3) is 0.333. The van der Waals surface area contributed by atoms with E-state index in [0.29, 0.717) is 23.0 Å². The molecule has 1 fully saturated rings. The zero-order valence-corrected chi connectivity index (χ0v) is 20.6. The summed E-state index contributed by atoms with van der Waals surface area (Å²) in [4.78, 5) is 0.165. The summed E-state index contributed by atoms with van der Waals surface area (Å²) in [6.45, 7) is 3.81.